The summed E-state index contributed by atoms with van der Waals surface area (Å²) in [7, 11) is 1.60. The fourth-order valence-electron chi connectivity index (χ4n) is 6.71. The van der Waals surface area contributed by atoms with E-state index in [0.29, 0.717) is 42.9 Å². The fraction of sp³-hybridized carbons (Fsp3) is 0.283. The van der Waals surface area contributed by atoms with Gasteiger partial charge in [0.1, 0.15) is 30.2 Å². The number of halogens is 1. The van der Waals surface area contributed by atoms with Crippen molar-refractivity contribution in [3.05, 3.63) is 184 Å². The molecule has 1 saturated heterocycles. The van der Waals surface area contributed by atoms with Gasteiger partial charge in [-0.3, -0.25) is 5.10 Å². The maximum absolute atomic E-state index is 6.91. The molecule has 1 unspecified atom stereocenters. The van der Waals surface area contributed by atoms with Gasteiger partial charge in [-0.2, -0.15) is 0 Å². The summed E-state index contributed by atoms with van der Waals surface area (Å²) in [6.07, 6.45) is -3.04. The van der Waals surface area contributed by atoms with E-state index < -0.39 is 30.7 Å². The lowest BCUT2D eigenvalue weighted by Crippen LogP contribution is -2.62. The van der Waals surface area contributed by atoms with E-state index in [1.807, 2.05) is 146 Å². The number of nitrogens with zero attached hydrogens (tertiary/aromatic N) is 1. The van der Waals surface area contributed by atoms with E-state index in [1.54, 1.807) is 7.11 Å². The zero-order valence-corrected chi connectivity index (χ0v) is 32.3. The van der Waals surface area contributed by atoms with Gasteiger partial charge >= 0.3 is 0 Å². The minimum atomic E-state index is -0.956. The molecule has 1 aromatic heterocycles. The second-order valence-corrected chi connectivity index (χ2v) is 14.1. The summed E-state index contributed by atoms with van der Waals surface area (Å²) in [5.74, 6) is 0.998. The van der Waals surface area contributed by atoms with Gasteiger partial charge in [-0.25, -0.2) is 0 Å². The first-order valence-corrected chi connectivity index (χ1v) is 19.2. The molecule has 0 aliphatic carbocycles. The van der Waals surface area contributed by atoms with Gasteiger partial charge in [-0.15, -0.1) is 5.10 Å². The number of aryl methyl sites for hydroxylation is 1. The second-order valence-electron chi connectivity index (χ2n) is 13.7. The first kappa shape index (κ1) is 39.2. The predicted molar refractivity (Wildman–Crippen MR) is 215 cm³/mol. The first-order valence-electron chi connectivity index (χ1n) is 18.8. The van der Waals surface area contributed by atoms with Crippen LogP contribution in [0.1, 0.15) is 39.1 Å². The van der Waals surface area contributed by atoms with E-state index in [1.165, 1.54) is 0 Å². The van der Waals surface area contributed by atoms with E-state index in [-0.39, 0.29) is 13.2 Å². The lowest BCUT2D eigenvalue weighted by molar-refractivity contribution is -0.310. The Balaban J connectivity index is 1.23. The molecule has 0 amide bonds. The normalized spacial score (nSPS) is 19.4. The second kappa shape index (κ2) is 19.7. The highest BCUT2D eigenvalue weighted by molar-refractivity contribution is 6.32. The van der Waals surface area contributed by atoms with Crippen molar-refractivity contribution in [2.45, 2.75) is 70.5 Å². The summed E-state index contributed by atoms with van der Waals surface area (Å²) in [4.78, 5) is 0. The molecule has 1 aliphatic rings. The number of nitrogens with one attached hydrogen (secondary N) is 1. The number of hydrogen-bond acceptors (Lipinski definition) is 8. The third-order valence-corrected chi connectivity index (χ3v) is 10.00. The molecule has 1 aliphatic heterocycles. The van der Waals surface area contributed by atoms with Crippen molar-refractivity contribution in [1.82, 2.24) is 10.2 Å². The summed E-state index contributed by atoms with van der Waals surface area (Å²) < 4.78 is 45.9. The molecule has 7 rings (SSSR count). The molecule has 2 heterocycles. The fourth-order valence-corrected chi connectivity index (χ4v) is 6.99. The van der Waals surface area contributed by atoms with Crippen molar-refractivity contribution in [3.63, 3.8) is 0 Å². The van der Waals surface area contributed by atoms with Gasteiger partial charge in [-0.1, -0.05) is 139 Å². The molecular weight excluding hydrogens is 728 g/mol. The van der Waals surface area contributed by atoms with E-state index >= 15 is 0 Å². The van der Waals surface area contributed by atoms with Gasteiger partial charge in [0.15, 0.2) is 0 Å². The van der Waals surface area contributed by atoms with Gasteiger partial charge < -0.3 is 33.2 Å². The number of rotatable bonds is 18. The van der Waals surface area contributed by atoms with Gasteiger partial charge in [-0.05, 0) is 46.9 Å². The van der Waals surface area contributed by atoms with Gasteiger partial charge in [0, 0.05) is 17.7 Å². The Labute approximate surface area is 333 Å². The predicted octanol–water partition coefficient (Wildman–Crippen LogP) is 9.05. The number of aromatic amines is 1. The molecule has 5 aromatic carbocycles. The topological polar surface area (TPSA) is 93.3 Å². The first-order chi connectivity index (χ1) is 27.5. The Morgan fingerprint density at radius 3 is 1.68 bits per heavy atom. The number of benzene rings is 5. The summed E-state index contributed by atoms with van der Waals surface area (Å²) in [6, 6.07) is 45.9. The number of hydrogen-bond donors (Lipinski definition) is 1. The molecule has 56 heavy (non-hydrogen) atoms. The average Bonchev–Trinajstić information content (AvgIpc) is 3.57. The molecule has 6 aromatic rings. The Morgan fingerprint density at radius 2 is 1.14 bits per heavy atom. The molecular formula is C46H47ClN2O7. The molecule has 0 bridgehead atoms. The molecule has 1 fully saturated rings. The Kier molecular flexibility index (Phi) is 13.8. The Hall–Kier alpha value is -5.00. The quantitative estimate of drug-likeness (QED) is 0.0925. The monoisotopic (exact) mass is 774 g/mol. The van der Waals surface area contributed by atoms with Gasteiger partial charge in [0.05, 0.1) is 45.2 Å². The van der Waals surface area contributed by atoms with Crippen LogP contribution in [-0.4, -0.2) is 54.6 Å². The van der Waals surface area contributed by atoms with E-state index in [4.69, 9.17) is 44.8 Å². The zero-order chi connectivity index (χ0) is 38.5. The van der Waals surface area contributed by atoms with Crippen LogP contribution in [0.4, 0.5) is 0 Å². The van der Waals surface area contributed by atoms with Crippen molar-refractivity contribution in [2.75, 3.05) is 13.7 Å². The van der Waals surface area contributed by atoms with Crippen molar-refractivity contribution >= 4 is 11.6 Å². The molecule has 0 saturated carbocycles. The standard InChI is InChI=1S/C46H47ClN2O7/c1-32-38(25-37-23-24-40(50-2)39(47)26-37)45(49-48-32)56-46-44(54-30-36-21-13-6-14-22-36)43(53-29-35-19-11-5-12-20-35)42(52-28-34-17-9-4-10-18-34)41(55-46)31-51-27-33-15-7-3-8-16-33/h3-24,26,41-44,46H,25,27-31H2,1-2H3,(H,48,49)/t41-,42-,43+,44-,46?/m1/s1. The maximum Gasteiger partial charge on any atom is 0.238 e. The lowest BCUT2D eigenvalue weighted by atomic mass is 9.97. The molecule has 0 radical (unpaired) electrons. The SMILES string of the molecule is COc1ccc(Cc2c(OC3O[C@H](COCc4ccccc4)[C@@H](OCc4ccccc4)[C@H](OCc4ccccc4)[C@H]3OCc3ccccc3)n[nH]c2C)cc1Cl. The summed E-state index contributed by atoms with van der Waals surface area (Å²) in [5.41, 5.74) is 6.77. The third kappa shape index (κ3) is 10.4. The summed E-state index contributed by atoms with van der Waals surface area (Å²) >= 11 is 6.52. The summed E-state index contributed by atoms with van der Waals surface area (Å²) in [5, 5.41) is 8.25. The van der Waals surface area contributed by atoms with Crippen LogP contribution in [0.3, 0.4) is 0 Å². The highest BCUT2D eigenvalue weighted by Gasteiger charge is 2.50. The third-order valence-electron chi connectivity index (χ3n) is 9.70. The maximum atomic E-state index is 6.91. The van der Waals surface area contributed by atoms with Crippen molar-refractivity contribution < 1.29 is 33.2 Å². The number of methoxy groups -OCH3 is 1. The van der Waals surface area contributed by atoms with Crippen LogP contribution in [0.15, 0.2) is 140 Å². The smallest absolute Gasteiger partial charge is 0.238 e. The van der Waals surface area contributed by atoms with Gasteiger partial charge in [0.25, 0.3) is 0 Å². The number of H-pyrrole nitrogens is 1. The van der Waals surface area contributed by atoms with Crippen LogP contribution in [0, 0.1) is 6.92 Å². The Morgan fingerprint density at radius 1 is 0.625 bits per heavy atom. The minimum Gasteiger partial charge on any atom is -0.495 e. The van der Waals surface area contributed by atoms with Crippen LogP contribution in [0.2, 0.25) is 5.02 Å². The van der Waals surface area contributed by atoms with Gasteiger partial charge in [0.2, 0.25) is 12.2 Å². The molecule has 10 heteroatoms. The van der Waals surface area contributed by atoms with Crippen LogP contribution < -0.4 is 9.47 Å². The van der Waals surface area contributed by atoms with Crippen molar-refractivity contribution in [3.8, 4) is 11.6 Å². The number of ether oxygens (including phenoxy) is 7. The van der Waals surface area contributed by atoms with E-state index in [9.17, 15) is 0 Å². The molecule has 5 atom stereocenters. The summed E-state index contributed by atoms with van der Waals surface area (Å²) in [6.45, 7) is 3.51. The van der Waals surface area contributed by atoms with Crippen LogP contribution in [0.25, 0.3) is 0 Å². The minimum absolute atomic E-state index is 0.210. The highest BCUT2D eigenvalue weighted by atomic mass is 35.5. The lowest BCUT2D eigenvalue weighted by Gasteiger charge is -2.45. The van der Waals surface area contributed by atoms with E-state index in [2.05, 4.69) is 10.2 Å². The largest absolute Gasteiger partial charge is 0.495 e. The molecule has 290 valence electrons. The van der Waals surface area contributed by atoms with Crippen molar-refractivity contribution in [1.29, 1.82) is 0 Å². The average molecular weight is 775 g/mol. The molecule has 0 spiro atoms. The van der Waals surface area contributed by atoms with Crippen LogP contribution >= 0.6 is 11.6 Å². The zero-order valence-electron chi connectivity index (χ0n) is 31.6. The molecule has 1 N–H and O–H groups in total. The van der Waals surface area contributed by atoms with Crippen LogP contribution in [-0.2, 0) is 56.5 Å². The Bertz CT molecular complexity index is 2070. The highest BCUT2D eigenvalue weighted by Crippen LogP contribution is 2.34. The van der Waals surface area contributed by atoms with Crippen molar-refractivity contribution in [2.24, 2.45) is 0 Å². The van der Waals surface area contributed by atoms with Crippen LogP contribution in [0.5, 0.6) is 11.6 Å². The van der Waals surface area contributed by atoms with E-state index in [0.717, 1.165) is 39.1 Å². The number of aromatic nitrogens is 2. The molecule has 9 nitrogen and oxygen atoms in total.